The number of carbonyl (C=O) groups excluding carboxylic acids is 1. The summed E-state index contributed by atoms with van der Waals surface area (Å²) in [6.07, 6.45) is 3.50. The lowest BCUT2D eigenvalue weighted by Crippen LogP contribution is -2.10. The minimum atomic E-state index is -0.161. The minimum absolute atomic E-state index is 0.112. The van der Waals surface area contributed by atoms with Crippen LogP contribution in [0.4, 0.5) is 0 Å². The number of hydrogen-bond donors (Lipinski definition) is 0. The smallest absolute Gasteiger partial charge is 0.315 e. The molecule has 3 nitrogen and oxygen atoms in total. The van der Waals surface area contributed by atoms with Crippen molar-refractivity contribution >= 4 is 21.9 Å². The number of ether oxygens (including phenoxy) is 1. The maximum absolute atomic E-state index is 11.2. The van der Waals surface area contributed by atoms with E-state index < -0.39 is 0 Å². The first-order valence-electron chi connectivity index (χ1n) is 4.09. The number of aromatic nitrogens is 1. The Balaban J connectivity index is 2.04. The molecule has 1 heterocycles. The largest absolute Gasteiger partial charge is 0.407 e. The minimum Gasteiger partial charge on any atom is -0.407 e. The molecule has 0 saturated heterocycles. The van der Waals surface area contributed by atoms with E-state index in [4.69, 9.17) is 4.74 Å². The highest BCUT2D eigenvalue weighted by molar-refractivity contribution is 9.10. The first-order chi connectivity index (χ1) is 6.25. The molecule has 0 bridgehead atoms. The fourth-order valence-corrected chi connectivity index (χ4v) is 1.26. The van der Waals surface area contributed by atoms with E-state index in [0.29, 0.717) is 5.88 Å². The molecule has 1 saturated carbocycles. The summed E-state index contributed by atoms with van der Waals surface area (Å²) in [6.45, 7) is 0. The lowest BCUT2D eigenvalue weighted by atomic mass is 10.4. The maximum atomic E-state index is 11.2. The second-order valence-electron chi connectivity index (χ2n) is 3.01. The van der Waals surface area contributed by atoms with Crippen LogP contribution in [0.15, 0.2) is 22.8 Å². The van der Waals surface area contributed by atoms with Crippen LogP contribution in [0.3, 0.4) is 0 Å². The van der Waals surface area contributed by atoms with Crippen LogP contribution in [0, 0.1) is 5.92 Å². The number of carbonyl (C=O) groups is 1. The number of halogens is 1. The van der Waals surface area contributed by atoms with Crippen LogP contribution < -0.4 is 4.74 Å². The van der Waals surface area contributed by atoms with Gasteiger partial charge in [0.2, 0.25) is 5.88 Å². The zero-order valence-electron chi connectivity index (χ0n) is 6.87. The molecule has 13 heavy (non-hydrogen) atoms. The summed E-state index contributed by atoms with van der Waals surface area (Å²) >= 11 is 3.27. The van der Waals surface area contributed by atoms with Gasteiger partial charge in [-0.15, -0.1) is 0 Å². The predicted molar refractivity (Wildman–Crippen MR) is 50.3 cm³/mol. The van der Waals surface area contributed by atoms with Crippen LogP contribution in [-0.2, 0) is 4.79 Å². The SMILES string of the molecule is O=C(Oc1cc(Br)ccn1)C1CC1. The van der Waals surface area contributed by atoms with Crippen molar-refractivity contribution in [3.63, 3.8) is 0 Å². The number of esters is 1. The summed E-state index contributed by atoms with van der Waals surface area (Å²) in [4.78, 5) is 15.1. The van der Waals surface area contributed by atoms with Crippen molar-refractivity contribution in [2.75, 3.05) is 0 Å². The van der Waals surface area contributed by atoms with Crippen molar-refractivity contribution in [2.45, 2.75) is 12.8 Å². The van der Waals surface area contributed by atoms with Gasteiger partial charge in [0.15, 0.2) is 0 Å². The molecule has 1 aromatic rings. The maximum Gasteiger partial charge on any atom is 0.315 e. The Morgan fingerprint density at radius 3 is 3.00 bits per heavy atom. The topological polar surface area (TPSA) is 39.2 Å². The number of rotatable bonds is 2. The molecule has 1 fully saturated rings. The van der Waals surface area contributed by atoms with Gasteiger partial charge in [0.1, 0.15) is 0 Å². The lowest BCUT2D eigenvalue weighted by Gasteiger charge is -2.01. The molecule has 68 valence electrons. The molecule has 0 aromatic carbocycles. The predicted octanol–water partition coefficient (Wildman–Crippen LogP) is 2.16. The zero-order valence-corrected chi connectivity index (χ0v) is 8.45. The lowest BCUT2D eigenvalue weighted by molar-refractivity contribution is -0.136. The molecule has 0 amide bonds. The second kappa shape index (κ2) is 3.46. The van der Waals surface area contributed by atoms with Crippen LogP contribution in [0.5, 0.6) is 5.88 Å². The number of nitrogens with zero attached hydrogens (tertiary/aromatic N) is 1. The van der Waals surface area contributed by atoms with Gasteiger partial charge in [-0.1, -0.05) is 15.9 Å². The van der Waals surface area contributed by atoms with Crippen molar-refractivity contribution < 1.29 is 9.53 Å². The van der Waals surface area contributed by atoms with Gasteiger partial charge in [0.25, 0.3) is 0 Å². The zero-order chi connectivity index (χ0) is 9.26. The highest BCUT2D eigenvalue weighted by Crippen LogP contribution is 2.30. The van der Waals surface area contributed by atoms with Gasteiger partial charge in [-0.25, -0.2) is 4.98 Å². The average molecular weight is 242 g/mol. The van der Waals surface area contributed by atoms with Crippen LogP contribution in [0.2, 0.25) is 0 Å². The van der Waals surface area contributed by atoms with Gasteiger partial charge in [0, 0.05) is 16.7 Å². The molecule has 4 heteroatoms. The molecule has 0 atom stereocenters. The average Bonchev–Trinajstić information content (AvgIpc) is 2.85. The molecule has 2 rings (SSSR count). The highest BCUT2D eigenvalue weighted by Gasteiger charge is 2.31. The molecule has 1 aromatic heterocycles. The second-order valence-corrected chi connectivity index (χ2v) is 3.92. The summed E-state index contributed by atoms with van der Waals surface area (Å²) in [7, 11) is 0. The van der Waals surface area contributed by atoms with Gasteiger partial charge >= 0.3 is 5.97 Å². The Morgan fingerprint density at radius 2 is 2.38 bits per heavy atom. The normalized spacial score (nSPS) is 15.5. The molecule has 0 aliphatic heterocycles. The van der Waals surface area contributed by atoms with E-state index in [2.05, 4.69) is 20.9 Å². The Kier molecular flexibility index (Phi) is 2.31. The fraction of sp³-hybridized carbons (Fsp3) is 0.333. The third-order valence-corrected chi connectivity index (χ3v) is 2.31. The molecular formula is C9H8BrNO2. The van der Waals surface area contributed by atoms with E-state index in [1.165, 1.54) is 0 Å². The molecule has 0 N–H and O–H groups in total. The Hall–Kier alpha value is -0.900. The monoisotopic (exact) mass is 241 g/mol. The van der Waals surface area contributed by atoms with Crippen LogP contribution in [-0.4, -0.2) is 11.0 Å². The van der Waals surface area contributed by atoms with Gasteiger partial charge in [-0.3, -0.25) is 4.79 Å². The van der Waals surface area contributed by atoms with E-state index in [9.17, 15) is 4.79 Å². The van der Waals surface area contributed by atoms with Gasteiger partial charge < -0.3 is 4.74 Å². The molecule has 0 radical (unpaired) electrons. The van der Waals surface area contributed by atoms with Crippen molar-refractivity contribution in [1.82, 2.24) is 4.98 Å². The van der Waals surface area contributed by atoms with Crippen molar-refractivity contribution in [3.8, 4) is 5.88 Å². The Labute approximate surface area is 84.2 Å². The van der Waals surface area contributed by atoms with Crippen molar-refractivity contribution in [1.29, 1.82) is 0 Å². The molecule has 0 spiro atoms. The standard InChI is InChI=1S/C9H8BrNO2/c10-7-3-4-11-8(5-7)13-9(12)6-1-2-6/h3-6H,1-2H2. The third-order valence-electron chi connectivity index (χ3n) is 1.81. The summed E-state index contributed by atoms with van der Waals surface area (Å²) < 4.78 is 5.90. The van der Waals surface area contributed by atoms with Crippen LogP contribution >= 0.6 is 15.9 Å². The van der Waals surface area contributed by atoms with Crippen molar-refractivity contribution in [3.05, 3.63) is 22.8 Å². The summed E-state index contributed by atoms with van der Waals surface area (Å²) in [5.74, 6) is 0.317. The van der Waals surface area contributed by atoms with Crippen molar-refractivity contribution in [2.24, 2.45) is 5.92 Å². The van der Waals surface area contributed by atoms with Gasteiger partial charge in [-0.05, 0) is 18.9 Å². The first kappa shape index (κ1) is 8.69. The number of hydrogen-bond acceptors (Lipinski definition) is 3. The van der Waals surface area contributed by atoms with Gasteiger partial charge in [-0.2, -0.15) is 0 Å². The molecule has 1 aliphatic rings. The van der Waals surface area contributed by atoms with Gasteiger partial charge in [0.05, 0.1) is 5.92 Å². The first-order valence-corrected chi connectivity index (χ1v) is 4.88. The fourth-order valence-electron chi connectivity index (χ4n) is 0.947. The van der Waals surface area contributed by atoms with E-state index in [1.54, 1.807) is 18.3 Å². The molecule has 1 aliphatic carbocycles. The Morgan fingerprint density at radius 1 is 1.62 bits per heavy atom. The Bertz CT molecular complexity index is 336. The third kappa shape index (κ3) is 2.28. The molecule has 0 unspecified atom stereocenters. The van der Waals surface area contributed by atoms with E-state index in [-0.39, 0.29) is 11.9 Å². The summed E-state index contributed by atoms with van der Waals surface area (Å²) in [6, 6.07) is 3.47. The highest BCUT2D eigenvalue weighted by atomic mass is 79.9. The number of pyridine rings is 1. The quantitative estimate of drug-likeness (QED) is 0.746. The van der Waals surface area contributed by atoms with E-state index in [1.807, 2.05) is 0 Å². The van der Waals surface area contributed by atoms with E-state index >= 15 is 0 Å². The van der Waals surface area contributed by atoms with E-state index in [0.717, 1.165) is 17.3 Å². The van der Waals surface area contributed by atoms with Crippen LogP contribution in [0.1, 0.15) is 12.8 Å². The summed E-state index contributed by atoms with van der Waals surface area (Å²) in [5.41, 5.74) is 0. The summed E-state index contributed by atoms with van der Waals surface area (Å²) in [5, 5.41) is 0. The van der Waals surface area contributed by atoms with Crippen LogP contribution in [0.25, 0.3) is 0 Å². The molecular weight excluding hydrogens is 234 g/mol.